The van der Waals surface area contributed by atoms with Crippen molar-refractivity contribution in [2.45, 2.75) is 20.5 Å². The Morgan fingerprint density at radius 3 is 2.00 bits per heavy atom. The molecule has 0 saturated carbocycles. The fraction of sp³-hybridized carbons (Fsp3) is 0.455. The van der Waals surface area contributed by atoms with Crippen molar-refractivity contribution < 1.29 is 19.0 Å². The first-order chi connectivity index (χ1) is 7.08. The van der Waals surface area contributed by atoms with Gasteiger partial charge in [0.1, 0.15) is 5.82 Å². The first-order valence-electron chi connectivity index (χ1n) is 4.58. The van der Waals surface area contributed by atoms with Crippen molar-refractivity contribution in [2.75, 3.05) is 14.2 Å². The summed E-state index contributed by atoms with van der Waals surface area (Å²) in [5.41, 5.74) is 1.22. The molecule has 1 N–H and O–H groups in total. The van der Waals surface area contributed by atoms with Crippen molar-refractivity contribution in [1.29, 1.82) is 0 Å². The van der Waals surface area contributed by atoms with Crippen molar-refractivity contribution in [3.63, 3.8) is 0 Å². The highest BCUT2D eigenvalue weighted by Crippen LogP contribution is 2.38. The molecule has 84 valence electrons. The van der Waals surface area contributed by atoms with E-state index in [1.807, 2.05) is 0 Å². The molecule has 15 heavy (non-hydrogen) atoms. The fourth-order valence-electron chi connectivity index (χ4n) is 1.64. The Bertz CT molecular complexity index is 344. The van der Waals surface area contributed by atoms with Gasteiger partial charge in [0.05, 0.1) is 20.8 Å². The van der Waals surface area contributed by atoms with Crippen LogP contribution in [0.3, 0.4) is 0 Å². The summed E-state index contributed by atoms with van der Waals surface area (Å²) in [7, 11) is 2.91. The number of methoxy groups -OCH3 is 2. The lowest BCUT2D eigenvalue weighted by Crippen LogP contribution is -2.04. The van der Waals surface area contributed by atoms with Gasteiger partial charge in [0.2, 0.25) is 0 Å². The highest BCUT2D eigenvalue weighted by atomic mass is 19.1. The lowest BCUT2D eigenvalue weighted by Gasteiger charge is -2.17. The van der Waals surface area contributed by atoms with Gasteiger partial charge in [-0.3, -0.25) is 0 Å². The number of hydrogen-bond acceptors (Lipinski definition) is 3. The van der Waals surface area contributed by atoms with Gasteiger partial charge in [0.15, 0.2) is 11.5 Å². The van der Waals surface area contributed by atoms with Crippen LogP contribution < -0.4 is 9.47 Å². The fourth-order valence-corrected chi connectivity index (χ4v) is 1.64. The number of benzene rings is 1. The molecule has 1 rings (SSSR count). The van der Waals surface area contributed by atoms with E-state index in [9.17, 15) is 4.39 Å². The number of rotatable bonds is 3. The maximum absolute atomic E-state index is 13.7. The SMILES string of the molecule is COc1c(C)c(F)c(C)c(CO)c1OC. The Balaban J connectivity index is 3.59. The predicted molar refractivity (Wildman–Crippen MR) is 54.9 cm³/mol. The topological polar surface area (TPSA) is 38.7 Å². The van der Waals surface area contributed by atoms with Crippen LogP contribution >= 0.6 is 0 Å². The van der Waals surface area contributed by atoms with E-state index in [2.05, 4.69) is 0 Å². The Morgan fingerprint density at radius 2 is 1.60 bits per heavy atom. The molecule has 0 aromatic heterocycles. The first-order valence-corrected chi connectivity index (χ1v) is 4.58. The third-order valence-electron chi connectivity index (χ3n) is 2.50. The molecule has 0 heterocycles. The van der Waals surface area contributed by atoms with Crippen LogP contribution in [0.2, 0.25) is 0 Å². The molecule has 0 spiro atoms. The molecule has 0 bridgehead atoms. The summed E-state index contributed by atoms with van der Waals surface area (Å²) in [5.74, 6) is 0.373. The van der Waals surface area contributed by atoms with Crippen LogP contribution in [0.25, 0.3) is 0 Å². The van der Waals surface area contributed by atoms with Gasteiger partial charge >= 0.3 is 0 Å². The highest BCUT2D eigenvalue weighted by molar-refractivity contribution is 5.55. The zero-order valence-corrected chi connectivity index (χ0v) is 9.35. The lowest BCUT2D eigenvalue weighted by molar-refractivity contribution is 0.267. The van der Waals surface area contributed by atoms with Gasteiger partial charge < -0.3 is 14.6 Å². The summed E-state index contributed by atoms with van der Waals surface area (Å²) < 4.78 is 23.9. The van der Waals surface area contributed by atoms with Crippen LogP contribution in [0.5, 0.6) is 11.5 Å². The quantitative estimate of drug-likeness (QED) is 0.835. The van der Waals surface area contributed by atoms with Crippen molar-refractivity contribution in [3.8, 4) is 11.5 Å². The highest BCUT2D eigenvalue weighted by Gasteiger charge is 2.20. The minimum absolute atomic E-state index is 0.275. The van der Waals surface area contributed by atoms with E-state index >= 15 is 0 Å². The first kappa shape index (κ1) is 11.8. The molecule has 3 nitrogen and oxygen atoms in total. The Labute approximate surface area is 88.4 Å². The molecule has 0 fully saturated rings. The van der Waals surface area contributed by atoms with Gasteiger partial charge in [-0.05, 0) is 19.4 Å². The van der Waals surface area contributed by atoms with Crippen molar-refractivity contribution in [3.05, 3.63) is 22.5 Å². The Morgan fingerprint density at radius 1 is 1.07 bits per heavy atom. The molecule has 0 saturated heterocycles. The van der Waals surface area contributed by atoms with E-state index in [0.29, 0.717) is 28.2 Å². The molecule has 0 amide bonds. The van der Waals surface area contributed by atoms with Gasteiger partial charge in [-0.1, -0.05) is 0 Å². The number of aliphatic hydroxyl groups is 1. The third kappa shape index (κ3) is 1.77. The van der Waals surface area contributed by atoms with Crippen LogP contribution in [0, 0.1) is 19.7 Å². The number of halogens is 1. The number of aliphatic hydroxyl groups excluding tert-OH is 1. The molecule has 1 aromatic rings. The summed E-state index contributed by atoms with van der Waals surface area (Å²) in [5, 5.41) is 9.16. The zero-order chi connectivity index (χ0) is 11.6. The largest absolute Gasteiger partial charge is 0.492 e. The molecular formula is C11H15FO3. The average molecular weight is 214 g/mol. The Kier molecular flexibility index (Phi) is 3.52. The van der Waals surface area contributed by atoms with Crippen molar-refractivity contribution >= 4 is 0 Å². The smallest absolute Gasteiger partial charge is 0.166 e. The maximum Gasteiger partial charge on any atom is 0.166 e. The second-order valence-corrected chi connectivity index (χ2v) is 3.27. The van der Waals surface area contributed by atoms with E-state index in [1.165, 1.54) is 14.2 Å². The molecular weight excluding hydrogens is 199 g/mol. The van der Waals surface area contributed by atoms with Crippen LogP contribution in [0.1, 0.15) is 16.7 Å². The molecule has 0 unspecified atom stereocenters. The van der Waals surface area contributed by atoms with E-state index in [4.69, 9.17) is 14.6 Å². The molecule has 0 atom stereocenters. The third-order valence-corrected chi connectivity index (χ3v) is 2.50. The summed E-state index contributed by atoms with van der Waals surface area (Å²) >= 11 is 0. The van der Waals surface area contributed by atoms with E-state index in [-0.39, 0.29) is 12.4 Å². The van der Waals surface area contributed by atoms with Gasteiger partial charge in [-0.25, -0.2) is 4.39 Å². The molecule has 0 radical (unpaired) electrons. The van der Waals surface area contributed by atoms with Gasteiger partial charge in [0.25, 0.3) is 0 Å². The minimum Gasteiger partial charge on any atom is -0.492 e. The van der Waals surface area contributed by atoms with Gasteiger partial charge in [-0.2, -0.15) is 0 Å². The lowest BCUT2D eigenvalue weighted by atomic mass is 10.0. The Hall–Kier alpha value is -1.29. The second kappa shape index (κ2) is 4.49. The normalized spacial score (nSPS) is 10.3. The predicted octanol–water partition coefficient (Wildman–Crippen LogP) is 1.95. The van der Waals surface area contributed by atoms with Crippen LogP contribution in [0.4, 0.5) is 4.39 Å². The molecule has 0 aliphatic rings. The number of hydrogen-bond donors (Lipinski definition) is 1. The van der Waals surface area contributed by atoms with E-state index in [0.717, 1.165) is 0 Å². The van der Waals surface area contributed by atoms with Crippen LogP contribution in [-0.4, -0.2) is 19.3 Å². The number of ether oxygens (including phenoxy) is 2. The summed E-state index contributed by atoms with van der Waals surface area (Å²) in [6.45, 7) is 2.95. The summed E-state index contributed by atoms with van der Waals surface area (Å²) in [6, 6.07) is 0. The van der Waals surface area contributed by atoms with Crippen molar-refractivity contribution in [2.24, 2.45) is 0 Å². The average Bonchev–Trinajstić information content (AvgIpc) is 2.25. The second-order valence-electron chi connectivity index (χ2n) is 3.27. The van der Waals surface area contributed by atoms with E-state index < -0.39 is 0 Å². The van der Waals surface area contributed by atoms with Gasteiger partial charge in [0, 0.05) is 11.1 Å². The van der Waals surface area contributed by atoms with Crippen LogP contribution in [0.15, 0.2) is 0 Å². The molecule has 0 aliphatic carbocycles. The van der Waals surface area contributed by atoms with Gasteiger partial charge in [-0.15, -0.1) is 0 Å². The van der Waals surface area contributed by atoms with Crippen LogP contribution in [-0.2, 0) is 6.61 Å². The molecule has 4 heteroatoms. The van der Waals surface area contributed by atoms with E-state index in [1.54, 1.807) is 13.8 Å². The maximum atomic E-state index is 13.7. The standard InChI is InChI=1S/C11H15FO3/c1-6-8(5-13)11(15-4)10(14-3)7(2)9(6)12/h13H,5H2,1-4H3. The minimum atomic E-state index is -0.364. The molecule has 0 aliphatic heterocycles. The molecule has 1 aromatic carbocycles. The van der Waals surface area contributed by atoms with Crippen molar-refractivity contribution in [1.82, 2.24) is 0 Å². The monoisotopic (exact) mass is 214 g/mol. The zero-order valence-electron chi connectivity index (χ0n) is 9.35. The summed E-state index contributed by atoms with van der Waals surface area (Å²) in [6.07, 6.45) is 0. The summed E-state index contributed by atoms with van der Waals surface area (Å²) in [4.78, 5) is 0.